The van der Waals surface area contributed by atoms with Gasteiger partial charge in [0, 0.05) is 6.42 Å². The maximum absolute atomic E-state index is 12.3. The van der Waals surface area contributed by atoms with Gasteiger partial charge >= 0.3 is 7.82 Å². The fourth-order valence-corrected chi connectivity index (χ4v) is 3.96. The van der Waals surface area contributed by atoms with Crippen molar-refractivity contribution >= 4 is 7.82 Å². The molecule has 0 amide bonds. The fraction of sp³-hybridized carbons (Fsp3) is 1.00. The van der Waals surface area contributed by atoms with Crippen molar-refractivity contribution in [1.29, 1.82) is 0 Å². The van der Waals surface area contributed by atoms with Crippen LogP contribution in [0.3, 0.4) is 0 Å². The summed E-state index contributed by atoms with van der Waals surface area (Å²) in [6.45, 7) is 6.11. The lowest BCUT2D eigenvalue weighted by Crippen LogP contribution is -2.29. The van der Waals surface area contributed by atoms with Crippen LogP contribution in [-0.2, 0) is 22.9 Å². The van der Waals surface area contributed by atoms with Crippen LogP contribution in [0.15, 0.2) is 0 Å². The van der Waals surface area contributed by atoms with E-state index < -0.39 is 13.6 Å². The average Bonchev–Trinajstić information content (AvgIpc) is 2.83. The molecule has 6 heteroatoms. The van der Waals surface area contributed by atoms with E-state index >= 15 is 0 Å². The van der Waals surface area contributed by atoms with E-state index in [1.807, 2.05) is 6.92 Å². The van der Waals surface area contributed by atoms with E-state index in [0.29, 0.717) is 13.2 Å². The van der Waals surface area contributed by atoms with Gasteiger partial charge in [0.15, 0.2) is 0 Å². The zero-order chi connectivity index (χ0) is 12.6. The molecule has 17 heavy (non-hydrogen) atoms. The SMILES string of the molecule is CCOP(=O)(OCC)OC12CCCCC1(C)O2. The first-order valence-electron chi connectivity index (χ1n) is 6.29. The van der Waals surface area contributed by atoms with Gasteiger partial charge in [-0.1, -0.05) is 6.42 Å². The van der Waals surface area contributed by atoms with Gasteiger partial charge in [-0.05, 0) is 33.6 Å². The Labute approximate surface area is 102 Å². The lowest BCUT2D eigenvalue weighted by atomic mass is 9.88. The largest absolute Gasteiger partial charge is 0.477 e. The molecule has 2 aliphatic rings. The lowest BCUT2D eigenvalue weighted by molar-refractivity contribution is 0.000681. The van der Waals surface area contributed by atoms with Gasteiger partial charge in [0.2, 0.25) is 5.79 Å². The first kappa shape index (κ1) is 13.5. The predicted octanol–water partition coefficient (Wildman–Crippen LogP) is 3.24. The highest BCUT2D eigenvalue weighted by atomic mass is 31.2. The van der Waals surface area contributed by atoms with Crippen LogP contribution in [0.4, 0.5) is 0 Å². The summed E-state index contributed by atoms with van der Waals surface area (Å²) >= 11 is 0. The Bertz CT molecular complexity index is 320. The molecular formula is C11H21O5P. The summed E-state index contributed by atoms with van der Waals surface area (Å²) in [5.74, 6) is -0.745. The summed E-state index contributed by atoms with van der Waals surface area (Å²) in [4.78, 5) is 0. The number of hydrogen-bond acceptors (Lipinski definition) is 5. The van der Waals surface area contributed by atoms with Crippen molar-refractivity contribution in [3.63, 3.8) is 0 Å². The number of rotatable bonds is 6. The standard InChI is InChI=1S/C11H21O5P/c1-4-13-17(12,14-5-2)16-11-9-7-6-8-10(11,3)15-11/h4-9H2,1-3H3. The Morgan fingerprint density at radius 1 is 1.18 bits per heavy atom. The monoisotopic (exact) mass is 264 g/mol. The molecule has 1 aliphatic carbocycles. The molecule has 0 aromatic rings. The minimum Gasteiger partial charge on any atom is -0.335 e. The van der Waals surface area contributed by atoms with Crippen molar-refractivity contribution in [1.82, 2.24) is 0 Å². The van der Waals surface area contributed by atoms with Gasteiger partial charge in [0.1, 0.15) is 5.60 Å². The van der Waals surface area contributed by atoms with Gasteiger partial charge in [-0.25, -0.2) is 4.57 Å². The van der Waals surface area contributed by atoms with Gasteiger partial charge in [-0.15, -0.1) is 0 Å². The molecule has 0 aromatic heterocycles. The molecule has 0 bridgehead atoms. The Kier molecular flexibility index (Phi) is 3.68. The number of epoxide rings is 1. The molecule has 2 atom stereocenters. The molecule has 0 N–H and O–H groups in total. The van der Waals surface area contributed by atoms with E-state index in [9.17, 15) is 4.57 Å². The Hall–Kier alpha value is 0.0700. The third-order valence-corrected chi connectivity index (χ3v) is 5.07. The van der Waals surface area contributed by atoms with Gasteiger partial charge in [-0.2, -0.15) is 0 Å². The smallest absolute Gasteiger partial charge is 0.335 e. The average molecular weight is 264 g/mol. The molecule has 0 spiro atoms. The van der Waals surface area contributed by atoms with Crippen molar-refractivity contribution in [3.05, 3.63) is 0 Å². The minimum atomic E-state index is -3.48. The van der Waals surface area contributed by atoms with Crippen molar-refractivity contribution in [3.8, 4) is 0 Å². The quantitative estimate of drug-likeness (QED) is 0.544. The van der Waals surface area contributed by atoms with Gasteiger partial charge in [0.25, 0.3) is 0 Å². The van der Waals surface area contributed by atoms with Crippen molar-refractivity contribution in [2.24, 2.45) is 0 Å². The maximum atomic E-state index is 12.3. The topological polar surface area (TPSA) is 57.3 Å². The van der Waals surface area contributed by atoms with Crippen LogP contribution in [0.2, 0.25) is 0 Å². The summed E-state index contributed by atoms with van der Waals surface area (Å²) in [6.07, 6.45) is 3.84. The van der Waals surface area contributed by atoms with Crippen LogP contribution in [0.1, 0.15) is 46.5 Å². The summed E-state index contributed by atoms with van der Waals surface area (Å²) in [6, 6.07) is 0. The Morgan fingerprint density at radius 3 is 2.29 bits per heavy atom. The van der Waals surface area contributed by atoms with E-state index in [2.05, 4.69) is 0 Å². The number of fused-ring (bicyclic) bond motifs is 1. The summed E-state index contributed by atoms with van der Waals surface area (Å²) in [7, 11) is -3.48. The number of phosphoric acid groups is 1. The molecule has 1 saturated carbocycles. The van der Waals surface area contributed by atoms with Gasteiger partial charge < -0.3 is 4.74 Å². The normalized spacial score (nSPS) is 36.6. The predicted molar refractivity (Wildman–Crippen MR) is 62.6 cm³/mol. The first-order chi connectivity index (χ1) is 7.99. The highest BCUT2D eigenvalue weighted by Crippen LogP contribution is 2.66. The third kappa shape index (κ3) is 2.45. The number of phosphoric ester groups is 1. The summed E-state index contributed by atoms with van der Waals surface area (Å²) in [5.41, 5.74) is -0.310. The Balaban J connectivity index is 2.06. The molecule has 2 rings (SSSR count). The highest BCUT2D eigenvalue weighted by Gasteiger charge is 2.71. The molecule has 5 nitrogen and oxygen atoms in total. The van der Waals surface area contributed by atoms with Crippen LogP contribution in [-0.4, -0.2) is 24.6 Å². The zero-order valence-corrected chi connectivity index (χ0v) is 11.6. The van der Waals surface area contributed by atoms with Gasteiger partial charge in [0.05, 0.1) is 13.2 Å². The number of hydrogen-bond donors (Lipinski definition) is 0. The van der Waals surface area contributed by atoms with Crippen LogP contribution in [0, 0.1) is 0 Å². The molecule has 1 heterocycles. The molecule has 1 saturated heterocycles. The molecule has 0 radical (unpaired) electrons. The zero-order valence-electron chi connectivity index (χ0n) is 10.7. The molecule has 2 fully saturated rings. The third-order valence-electron chi connectivity index (χ3n) is 3.40. The highest BCUT2D eigenvalue weighted by molar-refractivity contribution is 7.48. The van der Waals surface area contributed by atoms with E-state index in [4.69, 9.17) is 18.3 Å². The molecular weight excluding hydrogens is 243 g/mol. The van der Waals surface area contributed by atoms with Crippen LogP contribution in [0.25, 0.3) is 0 Å². The van der Waals surface area contributed by atoms with Gasteiger partial charge in [-0.3, -0.25) is 13.6 Å². The van der Waals surface area contributed by atoms with Crippen molar-refractivity contribution < 1.29 is 22.9 Å². The van der Waals surface area contributed by atoms with Crippen molar-refractivity contribution in [2.45, 2.75) is 57.8 Å². The second kappa shape index (κ2) is 4.63. The first-order valence-corrected chi connectivity index (χ1v) is 7.75. The maximum Gasteiger partial charge on any atom is 0.477 e. The Morgan fingerprint density at radius 2 is 1.76 bits per heavy atom. The van der Waals surface area contributed by atoms with E-state index in [-0.39, 0.29) is 5.60 Å². The second-order valence-electron chi connectivity index (χ2n) is 4.67. The molecule has 0 aromatic carbocycles. The molecule has 2 unspecified atom stereocenters. The van der Waals surface area contributed by atoms with Crippen molar-refractivity contribution in [2.75, 3.05) is 13.2 Å². The summed E-state index contributed by atoms with van der Waals surface area (Å²) in [5, 5.41) is 0. The minimum absolute atomic E-state index is 0.296. The molecule has 1 aliphatic heterocycles. The van der Waals surface area contributed by atoms with Crippen LogP contribution >= 0.6 is 7.82 Å². The molecule has 100 valence electrons. The van der Waals surface area contributed by atoms with E-state index in [1.165, 1.54) is 0 Å². The van der Waals surface area contributed by atoms with Crippen LogP contribution < -0.4 is 0 Å². The van der Waals surface area contributed by atoms with E-state index in [1.54, 1.807) is 13.8 Å². The second-order valence-corrected chi connectivity index (χ2v) is 6.26. The lowest BCUT2D eigenvalue weighted by Gasteiger charge is -2.25. The number of ether oxygens (including phenoxy) is 1. The van der Waals surface area contributed by atoms with Crippen LogP contribution in [0.5, 0.6) is 0 Å². The summed E-state index contributed by atoms with van der Waals surface area (Å²) < 4.78 is 33.9. The fourth-order valence-electron chi connectivity index (χ4n) is 2.46. The van der Waals surface area contributed by atoms with E-state index in [0.717, 1.165) is 25.7 Å².